The summed E-state index contributed by atoms with van der Waals surface area (Å²) in [6, 6.07) is 12.3. The molecule has 5 heteroatoms. The minimum atomic E-state index is 0.745. The molecule has 0 saturated carbocycles. The lowest BCUT2D eigenvalue weighted by Crippen LogP contribution is -2.06. The summed E-state index contributed by atoms with van der Waals surface area (Å²) in [5, 5.41) is 7.51. The van der Waals surface area contributed by atoms with Crippen molar-refractivity contribution in [1.29, 1.82) is 0 Å². The van der Waals surface area contributed by atoms with E-state index in [4.69, 9.17) is 0 Å². The Labute approximate surface area is 117 Å². The van der Waals surface area contributed by atoms with Gasteiger partial charge >= 0.3 is 0 Å². The highest BCUT2D eigenvalue weighted by atomic mass is 15.3. The molecule has 20 heavy (non-hydrogen) atoms. The van der Waals surface area contributed by atoms with E-state index in [-0.39, 0.29) is 0 Å². The van der Waals surface area contributed by atoms with E-state index in [0.29, 0.717) is 0 Å². The quantitative estimate of drug-likeness (QED) is 0.787. The van der Waals surface area contributed by atoms with E-state index in [1.54, 1.807) is 17.2 Å². The third-order valence-electron chi connectivity index (χ3n) is 2.99. The molecule has 2 heterocycles. The molecule has 1 N–H and O–H groups in total. The fourth-order valence-corrected chi connectivity index (χ4v) is 2.05. The Bertz CT molecular complexity index is 691. The number of aromatic nitrogens is 4. The Hall–Kier alpha value is -2.69. The van der Waals surface area contributed by atoms with E-state index >= 15 is 0 Å². The lowest BCUT2D eigenvalue weighted by atomic mass is 10.1. The van der Waals surface area contributed by atoms with Gasteiger partial charge in [-0.3, -0.25) is 0 Å². The van der Waals surface area contributed by atoms with Crippen LogP contribution in [0.1, 0.15) is 11.1 Å². The van der Waals surface area contributed by atoms with Gasteiger partial charge in [0, 0.05) is 12.7 Å². The normalized spacial score (nSPS) is 10.4. The van der Waals surface area contributed by atoms with Crippen molar-refractivity contribution in [2.45, 2.75) is 13.5 Å². The predicted octanol–water partition coefficient (Wildman–Crippen LogP) is 2.58. The molecule has 0 amide bonds. The highest BCUT2D eigenvalue weighted by Crippen LogP contribution is 2.17. The van der Waals surface area contributed by atoms with Gasteiger partial charge in [0.25, 0.3) is 0 Å². The van der Waals surface area contributed by atoms with E-state index in [1.807, 2.05) is 12.1 Å². The number of hydrogen-bond donors (Lipinski definition) is 1. The van der Waals surface area contributed by atoms with E-state index in [1.165, 1.54) is 17.5 Å². The van der Waals surface area contributed by atoms with Crippen molar-refractivity contribution in [2.75, 3.05) is 5.32 Å². The summed E-state index contributed by atoms with van der Waals surface area (Å²) >= 11 is 0. The van der Waals surface area contributed by atoms with Gasteiger partial charge < -0.3 is 5.32 Å². The zero-order valence-electron chi connectivity index (χ0n) is 11.2. The number of nitrogens with zero attached hydrogens (tertiary/aromatic N) is 4. The number of aryl methyl sites for hydroxylation is 1. The molecule has 0 saturated heterocycles. The summed E-state index contributed by atoms with van der Waals surface area (Å²) in [5.41, 5.74) is 3.42. The molecule has 0 bridgehead atoms. The van der Waals surface area contributed by atoms with Gasteiger partial charge in [-0.2, -0.15) is 5.10 Å². The van der Waals surface area contributed by atoms with E-state index < -0.39 is 0 Å². The average Bonchev–Trinajstić information content (AvgIpc) is 3.00. The molecule has 3 aromatic rings. The fourth-order valence-electron chi connectivity index (χ4n) is 2.05. The van der Waals surface area contributed by atoms with Crippen molar-refractivity contribution in [2.24, 2.45) is 0 Å². The Morgan fingerprint density at radius 3 is 2.95 bits per heavy atom. The van der Waals surface area contributed by atoms with Crippen molar-refractivity contribution in [3.63, 3.8) is 0 Å². The van der Waals surface area contributed by atoms with Gasteiger partial charge in [0.05, 0.1) is 5.69 Å². The van der Waals surface area contributed by atoms with E-state index in [2.05, 4.69) is 51.6 Å². The van der Waals surface area contributed by atoms with Crippen molar-refractivity contribution < 1.29 is 0 Å². The summed E-state index contributed by atoms with van der Waals surface area (Å²) in [6.07, 6.45) is 4.88. The first kappa shape index (κ1) is 12.3. The van der Waals surface area contributed by atoms with Gasteiger partial charge in [-0.15, -0.1) is 0 Å². The number of hydrogen-bond acceptors (Lipinski definition) is 4. The van der Waals surface area contributed by atoms with Crippen molar-refractivity contribution >= 4 is 5.69 Å². The Morgan fingerprint density at radius 2 is 2.15 bits per heavy atom. The van der Waals surface area contributed by atoms with Gasteiger partial charge in [-0.05, 0) is 24.6 Å². The van der Waals surface area contributed by atoms with Gasteiger partial charge in [-0.1, -0.05) is 29.8 Å². The highest BCUT2D eigenvalue weighted by molar-refractivity contribution is 5.56. The molecule has 0 aliphatic carbocycles. The third-order valence-corrected chi connectivity index (χ3v) is 2.99. The second kappa shape index (κ2) is 5.52. The number of pyridine rings is 1. The van der Waals surface area contributed by atoms with Gasteiger partial charge in [-0.25, -0.2) is 14.6 Å². The first-order valence-electron chi connectivity index (χ1n) is 6.42. The zero-order valence-corrected chi connectivity index (χ0v) is 11.2. The molecule has 5 nitrogen and oxygen atoms in total. The lowest BCUT2D eigenvalue weighted by molar-refractivity contribution is 0.844. The van der Waals surface area contributed by atoms with E-state index in [0.717, 1.165) is 18.1 Å². The van der Waals surface area contributed by atoms with Crippen LogP contribution in [0.3, 0.4) is 0 Å². The molecule has 2 aromatic heterocycles. The van der Waals surface area contributed by atoms with Gasteiger partial charge in [0.1, 0.15) is 12.7 Å². The SMILES string of the molecule is Cc1cccc(CNc2cccnc2-n2cncn2)c1. The molecule has 0 radical (unpaired) electrons. The summed E-state index contributed by atoms with van der Waals surface area (Å²) in [7, 11) is 0. The summed E-state index contributed by atoms with van der Waals surface area (Å²) in [5.74, 6) is 0.748. The van der Waals surface area contributed by atoms with Crippen molar-refractivity contribution in [1.82, 2.24) is 19.7 Å². The smallest absolute Gasteiger partial charge is 0.178 e. The minimum Gasteiger partial charge on any atom is -0.378 e. The molecule has 0 spiro atoms. The third kappa shape index (κ3) is 2.66. The topological polar surface area (TPSA) is 55.6 Å². The van der Waals surface area contributed by atoms with Crippen LogP contribution in [-0.4, -0.2) is 19.7 Å². The number of rotatable bonds is 4. The number of benzene rings is 1. The Kier molecular flexibility index (Phi) is 3.41. The zero-order chi connectivity index (χ0) is 13.8. The van der Waals surface area contributed by atoms with Crippen LogP contribution < -0.4 is 5.32 Å². The first-order valence-corrected chi connectivity index (χ1v) is 6.42. The van der Waals surface area contributed by atoms with Crippen LogP contribution in [0, 0.1) is 6.92 Å². The molecule has 0 unspecified atom stereocenters. The summed E-state index contributed by atoms with van der Waals surface area (Å²) in [4.78, 5) is 8.30. The molecule has 3 rings (SSSR count). The van der Waals surface area contributed by atoms with Crippen LogP contribution in [0.4, 0.5) is 5.69 Å². The maximum absolute atomic E-state index is 4.35. The molecule has 100 valence electrons. The molecule has 0 aliphatic rings. The Balaban J connectivity index is 1.81. The van der Waals surface area contributed by atoms with E-state index in [9.17, 15) is 0 Å². The first-order chi connectivity index (χ1) is 9.83. The Morgan fingerprint density at radius 1 is 1.20 bits per heavy atom. The lowest BCUT2D eigenvalue weighted by Gasteiger charge is -2.10. The van der Waals surface area contributed by atoms with Crippen LogP contribution in [-0.2, 0) is 6.54 Å². The summed E-state index contributed by atoms with van der Waals surface area (Å²) in [6.45, 7) is 2.84. The molecular formula is C15H15N5. The highest BCUT2D eigenvalue weighted by Gasteiger charge is 2.05. The van der Waals surface area contributed by atoms with Crippen molar-refractivity contribution in [3.8, 4) is 5.82 Å². The maximum atomic E-state index is 4.35. The van der Waals surface area contributed by atoms with Crippen LogP contribution in [0.15, 0.2) is 55.2 Å². The molecule has 1 aromatic carbocycles. The number of anilines is 1. The fraction of sp³-hybridized carbons (Fsp3) is 0.133. The summed E-state index contributed by atoms with van der Waals surface area (Å²) < 4.78 is 1.65. The second-order valence-corrected chi connectivity index (χ2v) is 4.56. The van der Waals surface area contributed by atoms with Crippen molar-refractivity contribution in [3.05, 3.63) is 66.4 Å². The molecular weight excluding hydrogens is 250 g/mol. The standard InChI is InChI=1S/C15H15N5/c1-12-4-2-5-13(8-12)9-18-14-6-3-7-17-15(14)20-11-16-10-19-20/h2-8,10-11,18H,9H2,1H3. The molecule has 0 atom stereocenters. The van der Waals surface area contributed by atoms with Crippen LogP contribution in [0.2, 0.25) is 0 Å². The second-order valence-electron chi connectivity index (χ2n) is 4.56. The largest absolute Gasteiger partial charge is 0.378 e. The van der Waals surface area contributed by atoms with Crippen LogP contribution >= 0.6 is 0 Å². The number of nitrogens with one attached hydrogen (secondary N) is 1. The predicted molar refractivity (Wildman–Crippen MR) is 77.7 cm³/mol. The molecule has 0 aliphatic heterocycles. The van der Waals surface area contributed by atoms with Crippen LogP contribution in [0.25, 0.3) is 5.82 Å². The van der Waals surface area contributed by atoms with Gasteiger partial charge in [0.15, 0.2) is 5.82 Å². The minimum absolute atomic E-state index is 0.745. The molecule has 0 fully saturated rings. The monoisotopic (exact) mass is 265 g/mol. The van der Waals surface area contributed by atoms with Crippen LogP contribution in [0.5, 0.6) is 0 Å². The van der Waals surface area contributed by atoms with Gasteiger partial charge in [0.2, 0.25) is 0 Å². The maximum Gasteiger partial charge on any atom is 0.178 e. The average molecular weight is 265 g/mol.